The molecule has 0 amide bonds. The molecule has 0 fully saturated rings. The first-order valence-electron chi connectivity index (χ1n) is 5.33. The molecule has 0 saturated heterocycles. The molecule has 2 heteroatoms. The van der Waals surface area contributed by atoms with Gasteiger partial charge in [0.1, 0.15) is 0 Å². The average Bonchev–Trinajstić information content (AvgIpc) is 2.67. The summed E-state index contributed by atoms with van der Waals surface area (Å²) in [6.07, 6.45) is 7.44. The van der Waals surface area contributed by atoms with Gasteiger partial charge in [0.25, 0.3) is 0 Å². The standard InChI is InChI=1S/C14H14NS/c1-3-5-6-11-14-15(4-2)12-9-7-8-10-13(12)16-14/h1,3,5-11H,4H2,2H3/b3-1?,6-5+,14-11+. The summed E-state index contributed by atoms with van der Waals surface area (Å²) in [5, 5.41) is 1.25. The van der Waals surface area contributed by atoms with E-state index in [9.17, 15) is 0 Å². The Bertz CT molecular complexity index is 446. The van der Waals surface area contributed by atoms with Gasteiger partial charge in [-0.1, -0.05) is 48.7 Å². The van der Waals surface area contributed by atoms with Crippen LogP contribution in [0.5, 0.6) is 0 Å². The molecule has 0 unspecified atom stereocenters. The lowest BCUT2D eigenvalue weighted by Crippen LogP contribution is -2.16. The highest BCUT2D eigenvalue weighted by atomic mass is 32.2. The van der Waals surface area contributed by atoms with Gasteiger partial charge in [-0.15, -0.1) is 0 Å². The Labute approximate surface area is 101 Å². The van der Waals surface area contributed by atoms with E-state index in [1.807, 2.05) is 12.2 Å². The monoisotopic (exact) mass is 228 g/mol. The molecule has 1 heterocycles. The van der Waals surface area contributed by atoms with Crippen LogP contribution in [-0.4, -0.2) is 6.54 Å². The Hall–Kier alpha value is -1.41. The summed E-state index contributed by atoms with van der Waals surface area (Å²) in [5.74, 6) is 0. The first-order valence-corrected chi connectivity index (χ1v) is 6.14. The Kier molecular flexibility index (Phi) is 3.52. The van der Waals surface area contributed by atoms with Crippen LogP contribution in [0.1, 0.15) is 6.92 Å². The number of anilines is 1. The number of rotatable bonds is 3. The predicted octanol–water partition coefficient (Wildman–Crippen LogP) is 4.01. The normalized spacial score (nSPS) is 17.1. The van der Waals surface area contributed by atoms with Crippen LogP contribution in [0.3, 0.4) is 0 Å². The summed E-state index contributed by atoms with van der Waals surface area (Å²) in [7, 11) is 0. The molecule has 0 aromatic heterocycles. The van der Waals surface area contributed by atoms with E-state index in [4.69, 9.17) is 6.58 Å². The minimum atomic E-state index is 0.982. The third-order valence-electron chi connectivity index (χ3n) is 2.41. The third-order valence-corrected chi connectivity index (χ3v) is 3.54. The summed E-state index contributed by atoms with van der Waals surface area (Å²) < 4.78 is 0. The minimum Gasteiger partial charge on any atom is -0.335 e. The summed E-state index contributed by atoms with van der Waals surface area (Å²) in [6, 6.07) is 8.47. The van der Waals surface area contributed by atoms with Crippen molar-refractivity contribution in [2.45, 2.75) is 11.8 Å². The van der Waals surface area contributed by atoms with Crippen LogP contribution in [-0.2, 0) is 0 Å². The number of fused-ring (bicyclic) bond motifs is 1. The molecule has 1 aliphatic rings. The van der Waals surface area contributed by atoms with Gasteiger partial charge in [0.2, 0.25) is 0 Å². The largest absolute Gasteiger partial charge is 0.335 e. The molecule has 0 N–H and O–H groups in total. The quantitative estimate of drug-likeness (QED) is 0.719. The molecule has 0 spiro atoms. The maximum Gasteiger partial charge on any atom is 0.0801 e. The van der Waals surface area contributed by atoms with Crippen molar-refractivity contribution in [2.24, 2.45) is 0 Å². The van der Waals surface area contributed by atoms with Gasteiger partial charge >= 0.3 is 0 Å². The van der Waals surface area contributed by atoms with E-state index < -0.39 is 0 Å². The fraction of sp³-hybridized carbons (Fsp3) is 0.143. The van der Waals surface area contributed by atoms with Gasteiger partial charge in [0, 0.05) is 11.4 Å². The lowest BCUT2D eigenvalue weighted by Gasteiger charge is -2.17. The van der Waals surface area contributed by atoms with E-state index >= 15 is 0 Å². The molecular weight excluding hydrogens is 214 g/mol. The number of para-hydroxylation sites is 1. The first kappa shape index (κ1) is 11.1. The summed E-state index contributed by atoms with van der Waals surface area (Å²) in [4.78, 5) is 3.63. The minimum absolute atomic E-state index is 0.982. The van der Waals surface area contributed by atoms with Crippen LogP contribution in [0, 0.1) is 6.58 Å². The molecule has 1 radical (unpaired) electrons. The topological polar surface area (TPSA) is 3.24 Å². The molecule has 0 aliphatic carbocycles. The molecule has 1 aliphatic heterocycles. The van der Waals surface area contributed by atoms with Crippen molar-refractivity contribution < 1.29 is 0 Å². The Morgan fingerprint density at radius 1 is 1.31 bits per heavy atom. The van der Waals surface area contributed by atoms with Crippen molar-refractivity contribution in [3.63, 3.8) is 0 Å². The molecule has 81 valence electrons. The first-order chi connectivity index (χ1) is 7.86. The predicted molar refractivity (Wildman–Crippen MR) is 71.4 cm³/mol. The van der Waals surface area contributed by atoms with Gasteiger partial charge in [-0.3, -0.25) is 0 Å². The van der Waals surface area contributed by atoms with Crippen LogP contribution in [0.2, 0.25) is 0 Å². The van der Waals surface area contributed by atoms with Crippen molar-refractivity contribution in [3.8, 4) is 0 Å². The molecule has 1 aromatic carbocycles. The number of hydrogen-bond acceptors (Lipinski definition) is 2. The van der Waals surface area contributed by atoms with E-state index in [2.05, 4.69) is 42.2 Å². The van der Waals surface area contributed by atoms with E-state index in [0.29, 0.717) is 0 Å². The highest BCUT2D eigenvalue weighted by Gasteiger charge is 2.22. The zero-order valence-electron chi connectivity index (χ0n) is 9.26. The summed E-state index contributed by atoms with van der Waals surface area (Å²) in [5.41, 5.74) is 1.30. The summed E-state index contributed by atoms with van der Waals surface area (Å²) >= 11 is 1.80. The van der Waals surface area contributed by atoms with E-state index in [-0.39, 0.29) is 0 Å². The lowest BCUT2D eigenvalue weighted by molar-refractivity contribution is 1.00. The fourth-order valence-electron chi connectivity index (χ4n) is 1.71. The van der Waals surface area contributed by atoms with E-state index in [0.717, 1.165) is 6.54 Å². The second-order valence-electron chi connectivity index (χ2n) is 3.40. The third kappa shape index (κ3) is 2.07. The summed E-state index contributed by atoms with van der Waals surface area (Å²) in [6.45, 7) is 8.45. The average molecular weight is 228 g/mol. The zero-order chi connectivity index (χ0) is 11.4. The van der Waals surface area contributed by atoms with Crippen LogP contribution in [0.4, 0.5) is 5.69 Å². The Morgan fingerprint density at radius 3 is 2.88 bits per heavy atom. The number of benzene rings is 1. The second-order valence-corrected chi connectivity index (χ2v) is 4.46. The molecule has 1 aromatic rings. The molecule has 0 atom stereocenters. The number of hydrogen-bond donors (Lipinski definition) is 0. The van der Waals surface area contributed by atoms with Crippen molar-refractivity contribution in [1.82, 2.24) is 0 Å². The van der Waals surface area contributed by atoms with E-state index in [1.165, 1.54) is 15.6 Å². The van der Waals surface area contributed by atoms with Crippen molar-refractivity contribution in [2.75, 3.05) is 11.4 Å². The van der Waals surface area contributed by atoms with Crippen LogP contribution in [0.25, 0.3) is 0 Å². The molecule has 16 heavy (non-hydrogen) atoms. The van der Waals surface area contributed by atoms with Crippen molar-refractivity contribution >= 4 is 17.4 Å². The SMILES string of the molecule is [CH]=C/C=C/C=C1/Sc2ccccc2N1CC. The fourth-order valence-corrected chi connectivity index (χ4v) is 2.84. The van der Waals surface area contributed by atoms with Crippen LogP contribution < -0.4 is 4.90 Å². The van der Waals surface area contributed by atoms with Gasteiger partial charge in [-0.05, 0) is 25.1 Å². The number of nitrogens with zero attached hydrogens (tertiary/aromatic N) is 1. The van der Waals surface area contributed by atoms with E-state index in [1.54, 1.807) is 17.8 Å². The van der Waals surface area contributed by atoms with Gasteiger partial charge in [-0.2, -0.15) is 0 Å². The van der Waals surface area contributed by atoms with Gasteiger partial charge in [-0.25, -0.2) is 0 Å². The van der Waals surface area contributed by atoms with Gasteiger partial charge in [0.15, 0.2) is 0 Å². The van der Waals surface area contributed by atoms with Gasteiger partial charge in [0.05, 0.1) is 10.7 Å². The smallest absolute Gasteiger partial charge is 0.0801 e. The molecule has 0 bridgehead atoms. The number of allylic oxidation sites excluding steroid dienone is 4. The maximum atomic E-state index is 5.30. The van der Waals surface area contributed by atoms with Crippen LogP contribution >= 0.6 is 11.8 Å². The number of thioether (sulfide) groups is 1. The van der Waals surface area contributed by atoms with Crippen molar-refractivity contribution in [1.29, 1.82) is 0 Å². The van der Waals surface area contributed by atoms with Crippen molar-refractivity contribution in [3.05, 3.63) is 60.2 Å². The lowest BCUT2D eigenvalue weighted by atomic mass is 10.3. The Morgan fingerprint density at radius 2 is 2.12 bits per heavy atom. The molecule has 1 nitrogen and oxygen atoms in total. The highest BCUT2D eigenvalue weighted by Crippen LogP contribution is 2.45. The van der Waals surface area contributed by atoms with Crippen LogP contribution in [0.15, 0.2) is 58.5 Å². The molecule has 0 saturated carbocycles. The zero-order valence-corrected chi connectivity index (χ0v) is 10.1. The molecule has 2 rings (SSSR count). The Balaban J connectivity index is 2.30. The molecular formula is C14H14NS. The maximum absolute atomic E-state index is 5.30. The van der Waals surface area contributed by atoms with Gasteiger partial charge < -0.3 is 4.90 Å². The second kappa shape index (κ2) is 5.08. The highest BCUT2D eigenvalue weighted by molar-refractivity contribution is 8.03.